The summed E-state index contributed by atoms with van der Waals surface area (Å²) in [5.41, 5.74) is 5.48. The molecule has 82 valence electrons. The van der Waals surface area contributed by atoms with Crippen molar-refractivity contribution < 1.29 is 0 Å². The molecule has 0 saturated carbocycles. The van der Waals surface area contributed by atoms with E-state index >= 15 is 0 Å². The molecule has 0 amide bonds. The summed E-state index contributed by atoms with van der Waals surface area (Å²) < 4.78 is 0. The van der Waals surface area contributed by atoms with Gasteiger partial charge in [0.1, 0.15) is 0 Å². The Kier molecular flexibility index (Phi) is 4.82. The van der Waals surface area contributed by atoms with Crippen LogP contribution in [-0.2, 0) is 0 Å². The van der Waals surface area contributed by atoms with Crippen LogP contribution < -0.4 is 5.73 Å². The minimum absolute atomic E-state index is 0.655. The lowest BCUT2D eigenvalue weighted by Gasteiger charge is -2.37. The lowest BCUT2D eigenvalue weighted by Crippen LogP contribution is -2.42. The molecule has 2 unspecified atom stereocenters. The molecule has 3 heteroatoms. The maximum Gasteiger partial charge on any atom is 0.0727 e. The second-order valence-electron chi connectivity index (χ2n) is 4.47. The average molecular weight is 214 g/mol. The Morgan fingerprint density at radius 2 is 2.21 bits per heavy atom. The quantitative estimate of drug-likeness (QED) is 0.727. The van der Waals surface area contributed by atoms with Crippen LogP contribution in [0.3, 0.4) is 0 Å². The van der Waals surface area contributed by atoms with E-state index in [2.05, 4.69) is 18.7 Å². The van der Waals surface area contributed by atoms with Crippen LogP contribution in [0.25, 0.3) is 0 Å². The summed E-state index contributed by atoms with van der Waals surface area (Å²) in [6.45, 7) is 7.10. The highest BCUT2D eigenvalue weighted by Gasteiger charge is 2.23. The molecule has 0 aromatic heterocycles. The van der Waals surface area contributed by atoms with Crippen molar-refractivity contribution in [1.82, 2.24) is 4.90 Å². The van der Waals surface area contributed by atoms with Crippen molar-refractivity contribution in [2.24, 2.45) is 11.7 Å². The van der Waals surface area contributed by atoms with E-state index in [0.29, 0.717) is 4.99 Å². The molecule has 1 rings (SSSR count). The summed E-state index contributed by atoms with van der Waals surface area (Å²) in [5, 5.41) is 0. The van der Waals surface area contributed by atoms with E-state index in [1.54, 1.807) is 0 Å². The fourth-order valence-corrected chi connectivity index (χ4v) is 2.34. The van der Waals surface area contributed by atoms with E-state index in [9.17, 15) is 0 Å². The maximum absolute atomic E-state index is 5.48. The highest BCUT2D eigenvalue weighted by Crippen LogP contribution is 2.22. The standard InChI is InChI=1S/C11H22N2S/c1-9-5-3-7-13(10(9)2)8-4-6-11(12)14/h9-10H,3-8H2,1-2H3,(H2,12,14). The van der Waals surface area contributed by atoms with Crippen molar-refractivity contribution in [3.8, 4) is 0 Å². The van der Waals surface area contributed by atoms with Gasteiger partial charge in [0.25, 0.3) is 0 Å². The summed E-state index contributed by atoms with van der Waals surface area (Å²) in [5.74, 6) is 0.841. The number of nitrogens with zero attached hydrogens (tertiary/aromatic N) is 1. The third-order valence-corrected chi connectivity index (χ3v) is 3.58. The molecule has 0 aromatic carbocycles. The zero-order valence-electron chi connectivity index (χ0n) is 9.33. The van der Waals surface area contributed by atoms with E-state index in [1.165, 1.54) is 19.4 Å². The molecule has 1 fully saturated rings. The van der Waals surface area contributed by atoms with Crippen molar-refractivity contribution in [2.75, 3.05) is 13.1 Å². The second-order valence-corrected chi connectivity index (χ2v) is 4.99. The fourth-order valence-electron chi connectivity index (χ4n) is 2.19. The Labute approximate surface area is 92.8 Å². The van der Waals surface area contributed by atoms with E-state index < -0.39 is 0 Å². The summed E-state index contributed by atoms with van der Waals surface area (Å²) in [7, 11) is 0. The Morgan fingerprint density at radius 3 is 2.86 bits per heavy atom. The van der Waals surface area contributed by atoms with Crippen molar-refractivity contribution in [1.29, 1.82) is 0 Å². The molecule has 0 aliphatic carbocycles. The van der Waals surface area contributed by atoms with E-state index in [0.717, 1.165) is 31.3 Å². The van der Waals surface area contributed by atoms with Crippen molar-refractivity contribution in [2.45, 2.75) is 45.6 Å². The molecule has 2 atom stereocenters. The molecule has 0 spiro atoms. The number of nitrogens with two attached hydrogens (primary N) is 1. The molecule has 0 radical (unpaired) electrons. The molecule has 1 heterocycles. The van der Waals surface area contributed by atoms with Gasteiger partial charge in [-0.25, -0.2) is 0 Å². The third-order valence-electron chi connectivity index (χ3n) is 3.37. The van der Waals surface area contributed by atoms with Crippen molar-refractivity contribution >= 4 is 17.2 Å². The van der Waals surface area contributed by atoms with Crippen LogP contribution in [0, 0.1) is 5.92 Å². The lowest BCUT2D eigenvalue weighted by atomic mass is 9.92. The molecule has 2 nitrogen and oxygen atoms in total. The van der Waals surface area contributed by atoms with Gasteiger partial charge in [-0.15, -0.1) is 0 Å². The van der Waals surface area contributed by atoms with Gasteiger partial charge in [0.05, 0.1) is 4.99 Å². The van der Waals surface area contributed by atoms with Crippen LogP contribution in [0.5, 0.6) is 0 Å². The van der Waals surface area contributed by atoms with Gasteiger partial charge >= 0.3 is 0 Å². The lowest BCUT2D eigenvalue weighted by molar-refractivity contribution is 0.113. The Hall–Kier alpha value is -0.150. The van der Waals surface area contributed by atoms with Crippen LogP contribution in [0.15, 0.2) is 0 Å². The first-order chi connectivity index (χ1) is 6.61. The normalized spacial score (nSPS) is 29.0. The Bertz CT molecular complexity index is 194. The number of thiocarbonyl (C=S) groups is 1. The topological polar surface area (TPSA) is 29.3 Å². The van der Waals surface area contributed by atoms with Crippen LogP contribution in [0.4, 0.5) is 0 Å². The van der Waals surface area contributed by atoms with Gasteiger partial charge in [0, 0.05) is 6.04 Å². The van der Waals surface area contributed by atoms with Gasteiger partial charge in [0.15, 0.2) is 0 Å². The van der Waals surface area contributed by atoms with Crippen LogP contribution in [0.2, 0.25) is 0 Å². The molecule has 1 aliphatic rings. The number of rotatable bonds is 4. The molecular weight excluding hydrogens is 192 g/mol. The highest BCUT2D eigenvalue weighted by atomic mass is 32.1. The zero-order valence-corrected chi connectivity index (χ0v) is 10.1. The SMILES string of the molecule is CC1CCCN(CCCC(N)=S)C1C. The molecule has 0 bridgehead atoms. The first kappa shape index (κ1) is 11.9. The molecule has 0 aromatic rings. The molecule has 1 saturated heterocycles. The Morgan fingerprint density at radius 1 is 1.50 bits per heavy atom. The minimum atomic E-state index is 0.655. The zero-order chi connectivity index (χ0) is 10.6. The van der Waals surface area contributed by atoms with Gasteiger partial charge in [-0.3, -0.25) is 0 Å². The van der Waals surface area contributed by atoms with E-state index in [1.807, 2.05) is 0 Å². The highest BCUT2D eigenvalue weighted by molar-refractivity contribution is 7.80. The first-order valence-electron chi connectivity index (χ1n) is 5.63. The van der Waals surface area contributed by atoms with Crippen molar-refractivity contribution in [3.63, 3.8) is 0 Å². The fraction of sp³-hybridized carbons (Fsp3) is 0.909. The van der Waals surface area contributed by atoms with Crippen LogP contribution in [0.1, 0.15) is 39.5 Å². The van der Waals surface area contributed by atoms with Gasteiger partial charge in [0.2, 0.25) is 0 Å². The average Bonchev–Trinajstić information content (AvgIpc) is 2.12. The number of piperidine rings is 1. The third kappa shape index (κ3) is 3.54. The molecular formula is C11H22N2S. The summed E-state index contributed by atoms with van der Waals surface area (Å²) >= 11 is 4.87. The monoisotopic (exact) mass is 214 g/mol. The van der Waals surface area contributed by atoms with Crippen molar-refractivity contribution in [3.05, 3.63) is 0 Å². The van der Waals surface area contributed by atoms with Gasteiger partial charge in [-0.2, -0.15) is 0 Å². The molecule has 14 heavy (non-hydrogen) atoms. The predicted molar refractivity (Wildman–Crippen MR) is 65.5 cm³/mol. The second kappa shape index (κ2) is 5.66. The van der Waals surface area contributed by atoms with E-state index in [4.69, 9.17) is 18.0 Å². The number of hydrogen-bond acceptors (Lipinski definition) is 2. The maximum atomic E-state index is 5.48. The van der Waals surface area contributed by atoms with Crippen LogP contribution in [-0.4, -0.2) is 29.0 Å². The van der Waals surface area contributed by atoms with Gasteiger partial charge in [-0.1, -0.05) is 19.1 Å². The smallest absolute Gasteiger partial charge is 0.0727 e. The van der Waals surface area contributed by atoms with Crippen LogP contribution >= 0.6 is 12.2 Å². The predicted octanol–water partition coefficient (Wildman–Crippen LogP) is 2.17. The number of hydrogen-bond donors (Lipinski definition) is 1. The summed E-state index contributed by atoms with van der Waals surface area (Å²) in [6, 6.07) is 0.732. The summed E-state index contributed by atoms with van der Waals surface area (Å²) in [4.78, 5) is 3.23. The van der Waals surface area contributed by atoms with Gasteiger partial charge in [-0.05, 0) is 51.6 Å². The molecule has 1 aliphatic heterocycles. The minimum Gasteiger partial charge on any atom is -0.393 e. The summed E-state index contributed by atoms with van der Waals surface area (Å²) in [6.07, 6.45) is 4.74. The first-order valence-corrected chi connectivity index (χ1v) is 6.04. The number of likely N-dealkylation sites (tertiary alicyclic amines) is 1. The van der Waals surface area contributed by atoms with Gasteiger partial charge < -0.3 is 10.6 Å². The molecule has 2 N–H and O–H groups in total. The largest absolute Gasteiger partial charge is 0.393 e. The van der Waals surface area contributed by atoms with E-state index in [-0.39, 0.29) is 0 Å². The Balaban J connectivity index is 2.25.